The molecule has 36 heavy (non-hydrogen) atoms. The predicted molar refractivity (Wildman–Crippen MR) is 115 cm³/mol. The summed E-state index contributed by atoms with van der Waals surface area (Å²) in [6.07, 6.45) is -1.81. The molecule has 1 aromatic rings. The van der Waals surface area contributed by atoms with Gasteiger partial charge < -0.3 is 25.2 Å². The fourth-order valence-electron chi connectivity index (χ4n) is 4.92. The second-order valence-corrected chi connectivity index (χ2v) is 9.79. The Bertz CT molecular complexity index is 1040. The molecule has 2 saturated heterocycles. The van der Waals surface area contributed by atoms with Gasteiger partial charge in [-0.15, -0.1) is 13.2 Å². The second-order valence-electron chi connectivity index (χ2n) is 9.79. The Balaban J connectivity index is 1.50. The van der Waals surface area contributed by atoms with Crippen molar-refractivity contribution in [1.82, 2.24) is 25.1 Å². The van der Waals surface area contributed by atoms with Crippen molar-refractivity contribution in [2.45, 2.75) is 56.7 Å². The number of Topliss-reactive ketones (excluding diaryl/α,β-unsaturated/α-hetero) is 1. The van der Waals surface area contributed by atoms with Crippen LogP contribution in [0, 0.1) is 11.3 Å². The Hall–Kier alpha value is -3.00. The standard InChI is InChI=1S/C22H28F3N5O6/c1-29-11-26-8-15(29)17(32)20(35)30-10-21(3-4-21)7-14(30)19(34)28-13(6-12-2-5-27-18(12)33)16(31)9-36-22(23,24)25/h8,11-14,17,32H,2-7,9-10H2,1H3,(H,27,33)(H,28,34)/t12-,13-,14-,17?/m0/s1. The number of hydrogen-bond donors (Lipinski definition) is 3. The largest absolute Gasteiger partial charge is 0.522 e. The summed E-state index contributed by atoms with van der Waals surface area (Å²) in [6.45, 7) is -0.727. The van der Waals surface area contributed by atoms with Gasteiger partial charge in [0.2, 0.25) is 11.8 Å². The molecule has 198 valence electrons. The molecule has 3 N–H and O–H groups in total. The van der Waals surface area contributed by atoms with Gasteiger partial charge in [-0.25, -0.2) is 4.98 Å². The number of hydrogen-bond acceptors (Lipinski definition) is 7. The molecule has 11 nitrogen and oxygen atoms in total. The van der Waals surface area contributed by atoms with E-state index in [1.165, 1.54) is 22.0 Å². The lowest BCUT2D eigenvalue weighted by Crippen LogP contribution is -2.53. The first-order chi connectivity index (χ1) is 16.9. The van der Waals surface area contributed by atoms with Gasteiger partial charge in [-0.2, -0.15) is 0 Å². The molecule has 14 heteroatoms. The number of carbonyl (C=O) groups excluding carboxylic acids is 4. The maximum absolute atomic E-state index is 13.3. The lowest BCUT2D eigenvalue weighted by molar-refractivity contribution is -0.321. The molecule has 3 fully saturated rings. The lowest BCUT2D eigenvalue weighted by Gasteiger charge is -2.28. The molecule has 2 aliphatic heterocycles. The minimum Gasteiger partial charge on any atom is -0.377 e. The zero-order valence-electron chi connectivity index (χ0n) is 19.6. The summed E-state index contributed by atoms with van der Waals surface area (Å²) in [5.41, 5.74) is -0.0332. The van der Waals surface area contributed by atoms with Gasteiger partial charge in [-0.05, 0) is 37.5 Å². The van der Waals surface area contributed by atoms with Gasteiger partial charge in [0.1, 0.15) is 12.6 Å². The van der Waals surface area contributed by atoms with Crippen LogP contribution in [0.25, 0.3) is 0 Å². The third-order valence-corrected chi connectivity index (χ3v) is 7.19. The minimum absolute atomic E-state index is 0.193. The van der Waals surface area contributed by atoms with Gasteiger partial charge in [-0.1, -0.05) is 0 Å². The van der Waals surface area contributed by atoms with E-state index in [4.69, 9.17) is 0 Å². The highest BCUT2D eigenvalue weighted by Crippen LogP contribution is 2.55. The summed E-state index contributed by atoms with van der Waals surface area (Å²) in [5.74, 6) is -3.48. The molecule has 3 aliphatic rings. The van der Waals surface area contributed by atoms with Crippen molar-refractivity contribution in [3.8, 4) is 0 Å². The van der Waals surface area contributed by atoms with Gasteiger partial charge in [0.25, 0.3) is 5.91 Å². The van der Waals surface area contributed by atoms with Crippen LogP contribution in [0.15, 0.2) is 12.5 Å². The maximum Gasteiger partial charge on any atom is 0.522 e. The molecule has 1 aliphatic carbocycles. The smallest absolute Gasteiger partial charge is 0.377 e. The number of amides is 3. The van der Waals surface area contributed by atoms with E-state index in [0.29, 0.717) is 19.4 Å². The number of aromatic nitrogens is 2. The molecule has 0 radical (unpaired) electrons. The highest BCUT2D eigenvalue weighted by atomic mass is 19.4. The topological polar surface area (TPSA) is 143 Å². The average Bonchev–Trinajstić information content (AvgIpc) is 3.10. The molecule has 3 amide bonds. The number of halogens is 3. The van der Waals surface area contributed by atoms with E-state index in [-0.39, 0.29) is 30.0 Å². The van der Waals surface area contributed by atoms with E-state index < -0.39 is 54.7 Å². The first-order valence-corrected chi connectivity index (χ1v) is 11.7. The normalized spacial score (nSPS) is 24.5. The van der Waals surface area contributed by atoms with Crippen LogP contribution < -0.4 is 10.6 Å². The van der Waals surface area contributed by atoms with Crippen LogP contribution in [0.1, 0.15) is 43.9 Å². The lowest BCUT2D eigenvalue weighted by atomic mass is 9.95. The van der Waals surface area contributed by atoms with E-state index in [9.17, 15) is 37.5 Å². The molecule has 1 unspecified atom stereocenters. The zero-order chi connectivity index (χ0) is 26.3. The van der Waals surface area contributed by atoms with Crippen molar-refractivity contribution < 1.29 is 42.2 Å². The van der Waals surface area contributed by atoms with E-state index in [2.05, 4.69) is 20.4 Å². The van der Waals surface area contributed by atoms with Gasteiger partial charge in [0.05, 0.1) is 24.3 Å². The number of aryl methyl sites for hydroxylation is 1. The SMILES string of the molecule is Cn1cncc1C(O)C(=O)N1CC2(CC2)C[C@H]1C(=O)N[C@@H](C[C@@H]1CCNC1=O)C(=O)COC(F)(F)F. The first kappa shape index (κ1) is 26.1. The van der Waals surface area contributed by atoms with Gasteiger partial charge in [-0.3, -0.25) is 23.9 Å². The van der Waals surface area contributed by atoms with Crippen LogP contribution in [0.3, 0.4) is 0 Å². The van der Waals surface area contributed by atoms with Crippen LogP contribution in [-0.4, -0.2) is 81.2 Å². The number of rotatable bonds is 9. The van der Waals surface area contributed by atoms with E-state index >= 15 is 0 Å². The number of carbonyl (C=O) groups is 4. The molecule has 4 atom stereocenters. The van der Waals surface area contributed by atoms with Crippen molar-refractivity contribution in [1.29, 1.82) is 0 Å². The highest BCUT2D eigenvalue weighted by molar-refractivity contribution is 5.95. The molecule has 4 rings (SSSR count). The summed E-state index contributed by atoms with van der Waals surface area (Å²) in [5, 5.41) is 15.7. The third-order valence-electron chi connectivity index (χ3n) is 7.19. The number of aliphatic hydroxyl groups excluding tert-OH is 1. The van der Waals surface area contributed by atoms with Crippen LogP contribution in [0.2, 0.25) is 0 Å². The molecule has 3 heterocycles. The zero-order valence-corrected chi connectivity index (χ0v) is 19.6. The van der Waals surface area contributed by atoms with Crippen LogP contribution in [0.4, 0.5) is 13.2 Å². The number of aliphatic hydroxyl groups is 1. The highest BCUT2D eigenvalue weighted by Gasteiger charge is 2.56. The molecule has 1 spiro atoms. The third kappa shape index (κ3) is 5.69. The number of nitrogens with one attached hydrogen (secondary N) is 2. The Kier molecular flexibility index (Phi) is 7.10. The van der Waals surface area contributed by atoms with Crippen LogP contribution >= 0.6 is 0 Å². The van der Waals surface area contributed by atoms with Crippen LogP contribution in [0.5, 0.6) is 0 Å². The maximum atomic E-state index is 13.3. The summed E-state index contributed by atoms with van der Waals surface area (Å²) in [4.78, 5) is 56.2. The molecule has 1 aromatic heterocycles. The summed E-state index contributed by atoms with van der Waals surface area (Å²) >= 11 is 0. The summed E-state index contributed by atoms with van der Waals surface area (Å²) in [7, 11) is 1.60. The fourth-order valence-corrected chi connectivity index (χ4v) is 4.92. The van der Waals surface area contributed by atoms with Gasteiger partial charge >= 0.3 is 6.36 Å². The van der Waals surface area contributed by atoms with Crippen molar-refractivity contribution in [3.63, 3.8) is 0 Å². The Morgan fingerprint density at radius 2 is 2.08 bits per heavy atom. The monoisotopic (exact) mass is 515 g/mol. The number of ketones is 1. The molecule has 1 saturated carbocycles. The van der Waals surface area contributed by atoms with Crippen LogP contribution in [-0.2, 0) is 31.0 Å². The first-order valence-electron chi connectivity index (χ1n) is 11.7. The van der Waals surface area contributed by atoms with Crippen molar-refractivity contribution in [2.75, 3.05) is 19.7 Å². The number of alkyl halides is 3. The minimum atomic E-state index is -5.04. The molecular weight excluding hydrogens is 487 g/mol. The second kappa shape index (κ2) is 9.81. The van der Waals surface area contributed by atoms with Gasteiger partial charge in [0, 0.05) is 26.1 Å². The molecule has 0 aromatic carbocycles. The quantitative estimate of drug-likeness (QED) is 0.419. The van der Waals surface area contributed by atoms with E-state index in [0.717, 1.165) is 12.8 Å². The van der Waals surface area contributed by atoms with Crippen molar-refractivity contribution in [2.24, 2.45) is 18.4 Å². The molecular formula is C22H28F3N5O6. The molecule has 0 bridgehead atoms. The predicted octanol–water partition coefficient (Wildman–Crippen LogP) is -0.0489. The Labute approximate surface area is 204 Å². The number of imidazole rings is 1. The Morgan fingerprint density at radius 1 is 1.36 bits per heavy atom. The summed E-state index contributed by atoms with van der Waals surface area (Å²) in [6, 6.07) is -2.44. The van der Waals surface area contributed by atoms with Crippen molar-refractivity contribution in [3.05, 3.63) is 18.2 Å². The average molecular weight is 515 g/mol. The summed E-state index contributed by atoms with van der Waals surface area (Å²) < 4.78 is 42.6. The van der Waals surface area contributed by atoms with Gasteiger partial charge in [0.15, 0.2) is 11.9 Å². The number of ether oxygens (including phenoxy) is 1. The number of nitrogens with zero attached hydrogens (tertiary/aromatic N) is 3. The number of likely N-dealkylation sites (tertiary alicyclic amines) is 1. The van der Waals surface area contributed by atoms with E-state index in [1.54, 1.807) is 7.05 Å². The fraction of sp³-hybridized carbons (Fsp3) is 0.682. The van der Waals surface area contributed by atoms with Crippen molar-refractivity contribution >= 4 is 23.5 Å². The van der Waals surface area contributed by atoms with E-state index in [1.807, 2.05) is 0 Å². The Morgan fingerprint density at radius 3 is 2.64 bits per heavy atom.